The van der Waals surface area contributed by atoms with E-state index in [1.165, 1.54) is 13.3 Å². The largest absolute Gasteiger partial charge is 0.465 e. The van der Waals surface area contributed by atoms with Crippen LogP contribution in [0.2, 0.25) is 0 Å². The van der Waals surface area contributed by atoms with E-state index in [9.17, 15) is 4.79 Å². The summed E-state index contributed by atoms with van der Waals surface area (Å²) in [7, 11) is 1.32. The van der Waals surface area contributed by atoms with Crippen LogP contribution in [0.1, 0.15) is 24.2 Å². The fourth-order valence-electron chi connectivity index (χ4n) is 1.29. The maximum Gasteiger partial charge on any atom is 0.343 e. The predicted octanol–water partition coefficient (Wildman–Crippen LogP) is 3.15. The van der Waals surface area contributed by atoms with Crippen molar-refractivity contribution in [2.24, 2.45) is 0 Å². The number of rotatable bonds is 2. The summed E-state index contributed by atoms with van der Waals surface area (Å²) in [5.74, 6) is -0.0162. The molecule has 0 saturated heterocycles. The van der Waals surface area contributed by atoms with Gasteiger partial charge >= 0.3 is 5.97 Å². The van der Waals surface area contributed by atoms with Crippen molar-refractivity contribution in [3.63, 3.8) is 0 Å². The molecule has 4 heteroatoms. The lowest BCUT2D eigenvalue weighted by Crippen LogP contribution is -2.00. The van der Waals surface area contributed by atoms with Crippen LogP contribution in [-0.2, 0) is 4.74 Å². The molecule has 0 saturated carbocycles. The molecule has 0 atom stereocenters. The number of methoxy groups -OCH3 is 1. The Morgan fingerprint density at radius 3 is 2.47 bits per heavy atom. The third-order valence-electron chi connectivity index (χ3n) is 2.01. The van der Waals surface area contributed by atoms with Crippen molar-refractivity contribution in [1.29, 1.82) is 0 Å². The number of hydrogen-bond donors (Lipinski definition) is 0. The zero-order valence-electron chi connectivity index (χ0n) is 10.1. The van der Waals surface area contributed by atoms with E-state index in [0.717, 1.165) is 5.56 Å². The van der Waals surface area contributed by atoms with Gasteiger partial charge in [-0.15, -0.1) is 0 Å². The van der Waals surface area contributed by atoms with Crippen LogP contribution in [0.25, 0.3) is 11.3 Å². The first-order valence-electron chi connectivity index (χ1n) is 5.41. The Morgan fingerprint density at radius 2 is 1.88 bits per heavy atom. The molecule has 1 aromatic carbocycles. The quantitative estimate of drug-likeness (QED) is 0.747. The van der Waals surface area contributed by atoms with Crippen LogP contribution in [0.4, 0.5) is 0 Å². The van der Waals surface area contributed by atoms with Crippen molar-refractivity contribution in [2.75, 3.05) is 7.11 Å². The average molecular weight is 233 g/mol. The summed E-state index contributed by atoms with van der Waals surface area (Å²) in [5.41, 5.74) is 1.14. The number of hydrogen-bond acceptors (Lipinski definition) is 4. The van der Waals surface area contributed by atoms with Crippen molar-refractivity contribution >= 4 is 5.97 Å². The lowest BCUT2D eigenvalue weighted by Gasteiger charge is -1.98. The van der Waals surface area contributed by atoms with Crippen molar-refractivity contribution in [3.8, 4) is 11.3 Å². The van der Waals surface area contributed by atoms with Gasteiger partial charge in [0.2, 0.25) is 0 Å². The molecule has 4 nitrogen and oxygen atoms in total. The smallest absolute Gasteiger partial charge is 0.343 e. The van der Waals surface area contributed by atoms with E-state index in [-0.39, 0.29) is 0 Å². The van der Waals surface area contributed by atoms with Gasteiger partial charge in [-0.1, -0.05) is 49.3 Å². The molecule has 1 aromatic heterocycles. The number of aromatic nitrogens is 1. The molecule has 0 aliphatic carbocycles. The van der Waals surface area contributed by atoms with Gasteiger partial charge in [0.25, 0.3) is 0 Å². The third kappa shape index (κ3) is 2.93. The minimum atomic E-state index is -0.449. The summed E-state index contributed by atoms with van der Waals surface area (Å²) < 4.78 is 9.64. The Balaban J connectivity index is 0.000000686. The fraction of sp³-hybridized carbons (Fsp3) is 0.231. The number of carbonyl (C=O) groups excluding carboxylic acids is 1. The van der Waals surface area contributed by atoms with Gasteiger partial charge in [0.15, 0.2) is 5.76 Å². The monoisotopic (exact) mass is 233 g/mol. The SMILES string of the molecule is CC.COC(=O)c1cnoc1-c1ccccc1. The van der Waals surface area contributed by atoms with Crippen LogP contribution >= 0.6 is 0 Å². The first kappa shape index (κ1) is 13.0. The van der Waals surface area contributed by atoms with Gasteiger partial charge in [0.05, 0.1) is 13.3 Å². The van der Waals surface area contributed by atoms with E-state index in [1.54, 1.807) is 0 Å². The molecule has 0 radical (unpaired) electrons. The topological polar surface area (TPSA) is 52.3 Å². The lowest BCUT2D eigenvalue weighted by atomic mass is 10.1. The number of benzene rings is 1. The lowest BCUT2D eigenvalue weighted by molar-refractivity contribution is 0.0601. The van der Waals surface area contributed by atoms with Crippen LogP contribution in [0.3, 0.4) is 0 Å². The van der Waals surface area contributed by atoms with Crippen LogP contribution < -0.4 is 0 Å². The summed E-state index contributed by atoms with van der Waals surface area (Å²) in [6.07, 6.45) is 1.36. The highest BCUT2D eigenvalue weighted by atomic mass is 16.5. The van der Waals surface area contributed by atoms with E-state index in [0.29, 0.717) is 11.3 Å². The van der Waals surface area contributed by atoms with Gasteiger partial charge in [0.1, 0.15) is 5.56 Å². The van der Waals surface area contributed by atoms with Crippen LogP contribution in [0.15, 0.2) is 41.1 Å². The van der Waals surface area contributed by atoms with Crippen molar-refractivity contribution < 1.29 is 14.1 Å². The van der Waals surface area contributed by atoms with Crippen LogP contribution in [0.5, 0.6) is 0 Å². The fourth-order valence-corrected chi connectivity index (χ4v) is 1.29. The summed E-state index contributed by atoms with van der Waals surface area (Å²) in [6, 6.07) is 9.29. The molecule has 0 aliphatic rings. The highest BCUT2D eigenvalue weighted by molar-refractivity contribution is 5.95. The van der Waals surface area contributed by atoms with Crippen LogP contribution in [-0.4, -0.2) is 18.2 Å². The second-order valence-electron chi connectivity index (χ2n) is 2.93. The van der Waals surface area contributed by atoms with Crippen LogP contribution in [0, 0.1) is 0 Å². The molecular weight excluding hydrogens is 218 g/mol. The van der Waals surface area contributed by atoms with Gasteiger partial charge in [0, 0.05) is 5.56 Å². The predicted molar refractivity (Wildman–Crippen MR) is 64.6 cm³/mol. The Bertz CT molecular complexity index is 463. The Kier molecular flexibility index (Phi) is 4.94. The molecule has 0 bridgehead atoms. The Labute approximate surface area is 100 Å². The van der Waals surface area contributed by atoms with Gasteiger partial charge in [-0.25, -0.2) is 4.79 Å². The molecule has 0 unspecified atom stereocenters. The second-order valence-corrected chi connectivity index (χ2v) is 2.93. The number of nitrogens with zero attached hydrogens (tertiary/aromatic N) is 1. The summed E-state index contributed by atoms with van der Waals surface area (Å²) in [6.45, 7) is 4.00. The third-order valence-corrected chi connectivity index (χ3v) is 2.01. The van der Waals surface area contributed by atoms with Crippen molar-refractivity contribution in [2.45, 2.75) is 13.8 Å². The molecule has 0 spiro atoms. The molecule has 17 heavy (non-hydrogen) atoms. The van der Waals surface area contributed by atoms with Gasteiger partial charge in [-0.3, -0.25) is 0 Å². The maximum absolute atomic E-state index is 11.3. The summed E-state index contributed by atoms with van der Waals surface area (Å²) >= 11 is 0. The summed E-state index contributed by atoms with van der Waals surface area (Å²) in [5, 5.41) is 3.59. The minimum absolute atomic E-state index is 0.337. The van der Waals surface area contributed by atoms with Crippen molar-refractivity contribution in [1.82, 2.24) is 5.16 Å². The molecule has 2 rings (SSSR count). The van der Waals surface area contributed by atoms with Gasteiger partial charge in [-0.05, 0) is 0 Å². The number of carbonyl (C=O) groups is 1. The minimum Gasteiger partial charge on any atom is -0.465 e. The highest BCUT2D eigenvalue weighted by Gasteiger charge is 2.17. The zero-order chi connectivity index (χ0) is 12.7. The van der Waals surface area contributed by atoms with Gasteiger partial charge < -0.3 is 9.26 Å². The van der Waals surface area contributed by atoms with E-state index < -0.39 is 5.97 Å². The normalized spacial score (nSPS) is 9.12. The molecule has 0 fully saturated rings. The van der Waals surface area contributed by atoms with E-state index in [4.69, 9.17) is 4.52 Å². The van der Waals surface area contributed by atoms with E-state index >= 15 is 0 Å². The maximum atomic E-state index is 11.3. The standard InChI is InChI=1S/C11H9NO3.C2H6/c1-14-11(13)9-7-12-15-10(9)8-5-3-2-4-6-8;1-2/h2-7H,1H3;1-2H3. The molecule has 1 heterocycles. The average Bonchev–Trinajstić information content (AvgIpc) is 2.90. The molecule has 0 amide bonds. The van der Waals surface area contributed by atoms with Crippen molar-refractivity contribution in [3.05, 3.63) is 42.1 Å². The van der Waals surface area contributed by atoms with E-state index in [2.05, 4.69) is 9.89 Å². The number of ether oxygens (including phenoxy) is 1. The van der Waals surface area contributed by atoms with E-state index in [1.807, 2.05) is 44.2 Å². The zero-order valence-corrected chi connectivity index (χ0v) is 10.1. The molecule has 2 aromatic rings. The Morgan fingerprint density at radius 1 is 1.24 bits per heavy atom. The molecule has 0 aliphatic heterocycles. The van der Waals surface area contributed by atoms with Gasteiger partial charge in [-0.2, -0.15) is 0 Å². The summed E-state index contributed by atoms with van der Waals surface area (Å²) in [4.78, 5) is 11.3. The Hall–Kier alpha value is -2.10. The molecular formula is C13H15NO3. The first-order valence-corrected chi connectivity index (χ1v) is 5.41. The molecule has 0 N–H and O–H groups in total. The first-order chi connectivity index (χ1) is 8.33. The number of esters is 1. The highest BCUT2D eigenvalue weighted by Crippen LogP contribution is 2.23. The second kappa shape index (κ2) is 6.48. The molecule has 90 valence electrons.